The van der Waals surface area contributed by atoms with Gasteiger partial charge in [-0.1, -0.05) is 42.5 Å². The first-order valence-corrected chi connectivity index (χ1v) is 9.26. The van der Waals surface area contributed by atoms with E-state index in [2.05, 4.69) is 29.6 Å². The van der Waals surface area contributed by atoms with E-state index in [1.165, 1.54) is 5.56 Å². The number of ether oxygens (including phenoxy) is 1. The highest BCUT2D eigenvalue weighted by atomic mass is 16.5. The molecule has 3 rings (SSSR count). The van der Waals surface area contributed by atoms with Gasteiger partial charge in [-0.2, -0.15) is 0 Å². The second kappa shape index (κ2) is 8.37. The zero-order chi connectivity index (χ0) is 18.4. The number of hydrogen-bond acceptors (Lipinski definition) is 3. The Morgan fingerprint density at radius 3 is 2.42 bits per heavy atom. The van der Waals surface area contributed by atoms with E-state index in [9.17, 15) is 9.90 Å². The molecule has 0 unspecified atom stereocenters. The van der Waals surface area contributed by atoms with Gasteiger partial charge in [0.1, 0.15) is 5.75 Å². The number of aliphatic hydroxyl groups is 1. The van der Waals surface area contributed by atoms with Crippen LogP contribution in [0.3, 0.4) is 0 Å². The molecule has 0 spiro atoms. The summed E-state index contributed by atoms with van der Waals surface area (Å²) >= 11 is 0. The first kappa shape index (κ1) is 18.5. The Morgan fingerprint density at radius 1 is 1.12 bits per heavy atom. The van der Waals surface area contributed by atoms with Crippen molar-refractivity contribution in [3.63, 3.8) is 0 Å². The highest BCUT2D eigenvalue weighted by Gasteiger charge is 2.37. The van der Waals surface area contributed by atoms with Gasteiger partial charge < -0.3 is 15.2 Å². The van der Waals surface area contributed by atoms with E-state index in [1.54, 1.807) is 19.2 Å². The van der Waals surface area contributed by atoms with E-state index in [-0.39, 0.29) is 17.9 Å². The largest absolute Gasteiger partial charge is 0.496 e. The minimum Gasteiger partial charge on any atom is -0.496 e. The number of carbonyl (C=O) groups is 1. The molecule has 4 heteroatoms. The van der Waals surface area contributed by atoms with Crippen LogP contribution in [0.4, 0.5) is 0 Å². The molecule has 1 amide bonds. The summed E-state index contributed by atoms with van der Waals surface area (Å²) < 4.78 is 5.31. The van der Waals surface area contributed by atoms with Crippen molar-refractivity contribution in [1.29, 1.82) is 0 Å². The molecule has 0 radical (unpaired) electrons. The second-order valence-corrected chi connectivity index (χ2v) is 7.16. The van der Waals surface area contributed by atoms with Crippen LogP contribution in [0.25, 0.3) is 0 Å². The third-order valence-electron chi connectivity index (χ3n) is 5.65. The molecule has 0 aromatic heterocycles. The van der Waals surface area contributed by atoms with Crippen LogP contribution in [-0.2, 0) is 5.41 Å². The van der Waals surface area contributed by atoms with E-state index in [4.69, 9.17) is 4.74 Å². The second-order valence-electron chi connectivity index (χ2n) is 7.16. The molecule has 1 aliphatic carbocycles. The molecule has 0 bridgehead atoms. The van der Waals surface area contributed by atoms with Gasteiger partial charge in [-0.25, -0.2) is 0 Å². The van der Waals surface area contributed by atoms with E-state index in [1.807, 2.05) is 18.2 Å². The molecular weight excluding hydrogens is 326 g/mol. The summed E-state index contributed by atoms with van der Waals surface area (Å²) in [6, 6.07) is 17.7. The average Bonchev–Trinajstić information content (AvgIpc) is 2.73. The van der Waals surface area contributed by atoms with Crippen LogP contribution in [0.15, 0.2) is 54.6 Å². The number of rotatable bonds is 6. The topological polar surface area (TPSA) is 58.6 Å². The zero-order valence-corrected chi connectivity index (χ0v) is 15.3. The van der Waals surface area contributed by atoms with E-state index < -0.39 is 0 Å². The average molecular weight is 353 g/mol. The normalized spacial score (nSPS) is 22.6. The van der Waals surface area contributed by atoms with Crippen molar-refractivity contribution >= 4 is 5.91 Å². The quantitative estimate of drug-likeness (QED) is 0.835. The van der Waals surface area contributed by atoms with Gasteiger partial charge in [-0.05, 0) is 49.3 Å². The van der Waals surface area contributed by atoms with Gasteiger partial charge in [0.25, 0.3) is 5.91 Å². The smallest absolute Gasteiger partial charge is 0.255 e. The van der Waals surface area contributed by atoms with Gasteiger partial charge in [0.15, 0.2) is 0 Å². The molecule has 2 aromatic carbocycles. The molecule has 1 aliphatic rings. The third-order valence-corrected chi connectivity index (χ3v) is 5.65. The van der Waals surface area contributed by atoms with Crippen molar-refractivity contribution in [2.45, 2.75) is 31.1 Å². The van der Waals surface area contributed by atoms with Crippen LogP contribution in [0.1, 0.15) is 41.6 Å². The van der Waals surface area contributed by atoms with E-state index in [0.717, 1.165) is 25.7 Å². The maximum absolute atomic E-state index is 12.7. The molecule has 4 nitrogen and oxygen atoms in total. The lowest BCUT2D eigenvalue weighted by Gasteiger charge is -2.40. The number of benzene rings is 2. The van der Waals surface area contributed by atoms with Crippen LogP contribution < -0.4 is 10.1 Å². The minimum atomic E-state index is -0.109. The Bertz CT molecular complexity index is 721. The van der Waals surface area contributed by atoms with Crippen molar-refractivity contribution in [2.24, 2.45) is 5.92 Å². The number of hydrogen-bond donors (Lipinski definition) is 2. The molecule has 1 fully saturated rings. The van der Waals surface area contributed by atoms with Gasteiger partial charge in [-0.15, -0.1) is 0 Å². The lowest BCUT2D eigenvalue weighted by Crippen LogP contribution is -2.43. The van der Waals surface area contributed by atoms with Crippen molar-refractivity contribution in [3.05, 3.63) is 65.7 Å². The zero-order valence-electron chi connectivity index (χ0n) is 15.3. The summed E-state index contributed by atoms with van der Waals surface area (Å²) in [6.07, 6.45) is 3.90. The monoisotopic (exact) mass is 353 g/mol. The number of aliphatic hydroxyl groups excluding tert-OH is 1. The van der Waals surface area contributed by atoms with Gasteiger partial charge >= 0.3 is 0 Å². The number of nitrogens with one attached hydrogen (secondary N) is 1. The van der Waals surface area contributed by atoms with Gasteiger partial charge in [0.2, 0.25) is 0 Å². The Kier molecular flexibility index (Phi) is 5.94. The van der Waals surface area contributed by atoms with Crippen LogP contribution in [0.2, 0.25) is 0 Å². The van der Waals surface area contributed by atoms with Crippen molar-refractivity contribution in [1.82, 2.24) is 5.32 Å². The molecular formula is C22H27NO3. The van der Waals surface area contributed by atoms with Gasteiger partial charge in [0, 0.05) is 18.6 Å². The summed E-state index contributed by atoms with van der Waals surface area (Å²) in [7, 11) is 1.58. The lowest BCUT2D eigenvalue weighted by molar-refractivity contribution is 0.0920. The van der Waals surface area contributed by atoms with Crippen LogP contribution >= 0.6 is 0 Å². The number of carbonyl (C=O) groups excluding carboxylic acids is 1. The molecule has 138 valence electrons. The van der Waals surface area contributed by atoms with Crippen molar-refractivity contribution in [2.75, 3.05) is 20.3 Å². The molecule has 0 aliphatic heterocycles. The van der Waals surface area contributed by atoms with Gasteiger partial charge in [0.05, 0.1) is 12.7 Å². The van der Waals surface area contributed by atoms with Crippen molar-refractivity contribution < 1.29 is 14.6 Å². The van der Waals surface area contributed by atoms with Crippen LogP contribution in [0, 0.1) is 5.92 Å². The fourth-order valence-electron chi connectivity index (χ4n) is 3.95. The maximum Gasteiger partial charge on any atom is 0.255 e. The molecule has 26 heavy (non-hydrogen) atoms. The number of methoxy groups -OCH3 is 1. The van der Waals surface area contributed by atoms with E-state index in [0.29, 0.717) is 23.8 Å². The molecule has 0 saturated heterocycles. The van der Waals surface area contributed by atoms with E-state index >= 15 is 0 Å². The number of para-hydroxylation sites is 1. The van der Waals surface area contributed by atoms with Crippen LogP contribution in [-0.4, -0.2) is 31.3 Å². The van der Waals surface area contributed by atoms with Crippen LogP contribution in [0.5, 0.6) is 5.75 Å². The Balaban J connectivity index is 1.78. The fraction of sp³-hybridized carbons (Fsp3) is 0.409. The molecule has 2 N–H and O–H groups in total. The first-order valence-electron chi connectivity index (χ1n) is 9.26. The number of amides is 1. The summed E-state index contributed by atoms with van der Waals surface area (Å²) in [5, 5.41) is 12.6. The minimum absolute atomic E-state index is 0.0788. The third kappa shape index (κ3) is 3.91. The molecule has 0 heterocycles. The highest BCUT2D eigenvalue weighted by molar-refractivity contribution is 5.96. The van der Waals surface area contributed by atoms with Crippen molar-refractivity contribution in [3.8, 4) is 5.75 Å². The Labute approximate surface area is 155 Å². The standard InChI is InChI=1S/C22H27NO3/c1-26-20-10-6-5-9-19(20)21(25)23-16-22(18-7-3-2-4-8-18)13-11-17(15-24)12-14-22/h2-10,17,24H,11-16H2,1H3,(H,23,25). The predicted molar refractivity (Wildman–Crippen MR) is 102 cm³/mol. The maximum atomic E-state index is 12.7. The molecule has 0 atom stereocenters. The highest BCUT2D eigenvalue weighted by Crippen LogP contribution is 2.41. The summed E-state index contributed by atoms with van der Waals surface area (Å²) in [4.78, 5) is 12.7. The summed E-state index contributed by atoms with van der Waals surface area (Å²) in [5.41, 5.74) is 1.74. The summed E-state index contributed by atoms with van der Waals surface area (Å²) in [5.74, 6) is 0.849. The SMILES string of the molecule is COc1ccccc1C(=O)NCC1(c2ccccc2)CCC(CO)CC1. The Morgan fingerprint density at radius 2 is 1.77 bits per heavy atom. The predicted octanol–water partition coefficient (Wildman–Crippen LogP) is 3.55. The lowest BCUT2D eigenvalue weighted by atomic mass is 9.66. The van der Waals surface area contributed by atoms with Gasteiger partial charge in [-0.3, -0.25) is 4.79 Å². The molecule has 2 aromatic rings. The summed E-state index contributed by atoms with van der Waals surface area (Å²) in [6.45, 7) is 0.838. The Hall–Kier alpha value is -2.33. The first-order chi connectivity index (χ1) is 12.7. The fourth-order valence-corrected chi connectivity index (χ4v) is 3.95. The molecule has 1 saturated carbocycles.